The molecule has 1 unspecified atom stereocenters. The second-order valence-electron chi connectivity index (χ2n) is 6.26. The van der Waals surface area contributed by atoms with E-state index in [1.807, 2.05) is 20.8 Å². The van der Waals surface area contributed by atoms with E-state index in [0.717, 1.165) is 19.3 Å². The Labute approximate surface area is 126 Å². The Morgan fingerprint density at radius 3 is 2.43 bits per heavy atom. The third-order valence-electron chi connectivity index (χ3n) is 4.19. The maximum Gasteiger partial charge on any atom is 0.315 e. The number of urea groups is 1. The highest BCUT2D eigenvalue weighted by Gasteiger charge is 2.39. The summed E-state index contributed by atoms with van der Waals surface area (Å²) in [6.07, 6.45) is 2.90. The summed E-state index contributed by atoms with van der Waals surface area (Å²) >= 11 is 0. The molecule has 3 N–H and O–H groups in total. The van der Waals surface area contributed by atoms with E-state index in [1.165, 1.54) is 0 Å². The summed E-state index contributed by atoms with van der Waals surface area (Å²) in [6, 6.07) is -0.285. The lowest BCUT2D eigenvalue weighted by molar-refractivity contribution is -0.141. The Morgan fingerprint density at radius 2 is 2.00 bits per heavy atom. The van der Waals surface area contributed by atoms with Gasteiger partial charge in [-0.05, 0) is 31.1 Å². The molecule has 21 heavy (non-hydrogen) atoms. The molecule has 1 saturated carbocycles. The SMILES string of the molecule is CCOCC(NC(=O)NCC1(CC(=O)O)CCC1)C(C)C. The molecule has 0 aromatic carbocycles. The summed E-state index contributed by atoms with van der Waals surface area (Å²) in [7, 11) is 0. The first-order valence-corrected chi connectivity index (χ1v) is 7.72. The van der Waals surface area contributed by atoms with Gasteiger partial charge in [-0.1, -0.05) is 20.3 Å². The molecule has 1 aliphatic carbocycles. The fourth-order valence-corrected chi connectivity index (χ4v) is 2.55. The van der Waals surface area contributed by atoms with Crippen molar-refractivity contribution >= 4 is 12.0 Å². The summed E-state index contributed by atoms with van der Waals surface area (Å²) in [6.45, 7) is 7.51. The maximum absolute atomic E-state index is 12.0. The fourth-order valence-electron chi connectivity index (χ4n) is 2.55. The number of nitrogens with one attached hydrogen (secondary N) is 2. The van der Waals surface area contributed by atoms with E-state index < -0.39 is 5.97 Å². The molecule has 1 atom stereocenters. The average Bonchev–Trinajstić information content (AvgIpc) is 2.36. The van der Waals surface area contributed by atoms with Crippen LogP contribution in [0.1, 0.15) is 46.5 Å². The van der Waals surface area contributed by atoms with E-state index in [1.54, 1.807) is 0 Å². The number of amides is 2. The highest BCUT2D eigenvalue weighted by atomic mass is 16.5. The molecule has 0 bridgehead atoms. The van der Waals surface area contributed by atoms with Crippen LogP contribution in [0.15, 0.2) is 0 Å². The molecule has 0 heterocycles. The van der Waals surface area contributed by atoms with Crippen LogP contribution in [0.4, 0.5) is 4.79 Å². The van der Waals surface area contributed by atoms with Crippen molar-refractivity contribution in [1.82, 2.24) is 10.6 Å². The van der Waals surface area contributed by atoms with Gasteiger partial charge in [-0.3, -0.25) is 4.79 Å². The quantitative estimate of drug-likeness (QED) is 0.607. The lowest BCUT2D eigenvalue weighted by Crippen LogP contribution is -2.51. The summed E-state index contributed by atoms with van der Waals surface area (Å²) < 4.78 is 5.37. The van der Waals surface area contributed by atoms with Crippen molar-refractivity contribution in [2.75, 3.05) is 19.8 Å². The number of hydrogen-bond donors (Lipinski definition) is 3. The fraction of sp³-hybridized carbons (Fsp3) is 0.867. The Balaban J connectivity index is 2.39. The van der Waals surface area contributed by atoms with Crippen LogP contribution in [0.3, 0.4) is 0 Å². The molecule has 0 aromatic rings. The van der Waals surface area contributed by atoms with Gasteiger partial charge >= 0.3 is 12.0 Å². The van der Waals surface area contributed by atoms with Gasteiger partial charge in [0.15, 0.2) is 0 Å². The van der Waals surface area contributed by atoms with Crippen LogP contribution in [-0.2, 0) is 9.53 Å². The summed E-state index contributed by atoms with van der Waals surface area (Å²) in [5, 5.41) is 14.7. The van der Waals surface area contributed by atoms with Crippen molar-refractivity contribution in [3.05, 3.63) is 0 Å². The van der Waals surface area contributed by atoms with Crippen molar-refractivity contribution in [1.29, 1.82) is 0 Å². The van der Waals surface area contributed by atoms with Gasteiger partial charge in [0.1, 0.15) is 0 Å². The number of carboxylic acids is 1. The zero-order valence-corrected chi connectivity index (χ0v) is 13.3. The lowest BCUT2D eigenvalue weighted by Gasteiger charge is -2.41. The number of aliphatic carboxylic acids is 1. The van der Waals surface area contributed by atoms with Crippen LogP contribution >= 0.6 is 0 Å². The van der Waals surface area contributed by atoms with Crippen LogP contribution in [0.2, 0.25) is 0 Å². The van der Waals surface area contributed by atoms with Gasteiger partial charge in [0.25, 0.3) is 0 Å². The highest BCUT2D eigenvalue weighted by Crippen LogP contribution is 2.43. The minimum absolute atomic E-state index is 0.0400. The zero-order valence-electron chi connectivity index (χ0n) is 13.3. The molecule has 0 aliphatic heterocycles. The molecular formula is C15H28N2O4. The molecular weight excluding hydrogens is 272 g/mol. The van der Waals surface area contributed by atoms with Crippen LogP contribution in [-0.4, -0.2) is 42.9 Å². The number of carbonyl (C=O) groups excluding carboxylic acids is 1. The van der Waals surface area contributed by atoms with Crippen molar-refractivity contribution in [2.45, 2.75) is 52.5 Å². The second-order valence-corrected chi connectivity index (χ2v) is 6.26. The number of carbonyl (C=O) groups is 2. The van der Waals surface area contributed by atoms with E-state index in [9.17, 15) is 9.59 Å². The number of hydrogen-bond acceptors (Lipinski definition) is 3. The third-order valence-corrected chi connectivity index (χ3v) is 4.19. The predicted octanol–water partition coefficient (Wildman–Crippen LogP) is 1.99. The van der Waals surface area contributed by atoms with Crippen LogP contribution < -0.4 is 10.6 Å². The van der Waals surface area contributed by atoms with Crippen LogP contribution in [0, 0.1) is 11.3 Å². The molecule has 0 radical (unpaired) electrons. The van der Waals surface area contributed by atoms with Gasteiger partial charge in [0.2, 0.25) is 0 Å². The molecule has 0 spiro atoms. The van der Waals surface area contributed by atoms with Gasteiger partial charge in [-0.2, -0.15) is 0 Å². The molecule has 2 amide bonds. The smallest absolute Gasteiger partial charge is 0.315 e. The zero-order chi connectivity index (χ0) is 15.9. The molecule has 1 fully saturated rings. The van der Waals surface area contributed by atoms with Crippen molar-refractivity contribution in [2.24, 2.45) is 11.3 Å². The van der Waals surface area contributed by atoms with E-state index in [-0.39, 0.29) is 29.8 Å². The lowest BCUT2D eigenvalue weighted by atomic mass is 9.66. The van der Waals surface area contributed by atoms with E-state index in [4.69, 9.17) is 9.84 Å². The Hall–Kier alpha value is -1.30. The van der Waals surface area contributed by atoms with Crippen LogP contribution in [0.5, 0.6) is 0 Å². The van der Waals surface area contributed by atoms with Gasteiger partial charge in [-0.25, -0.2) is 4.79 Å². The van der Waals surface area contributed by atoms with Crippen LogP contribution in [0.25, 0.3) is 0 Å². The molecule has 0 aromatic heterocycles. The van der Waals surface area contributed by atoms with E-state index in [0.29, 0.717) is 19.8 Å². The van der Waals surface area contributed by atoms with Gasteiger partial charge in [-0.15, -0.1) is 0 Å². The van der Waals surface area contributed by atoms with Crippen molar-refractivity contribution < 1.29 is 19.4 Å². The predicted molar refractivity (Wildman–Crippen MR) is 80.2 cm³/mol. The van der Waals surface area contributed by atoms with Gasteiger partial charge in [0.05, 0.1) is 19.1 Å². The Bertz CT molecular complexity index is 354. The molecule has 6 nitrogen and oxygen atoms in total. The minimum Gasteiger partial charge on any atom is -0.481 e. The van der Waals surface area contributed by atoms with E-state index in [2.05, 4.69) is 10.6 Å². The Kier molecular flexibility index (Phi) is 6.95. The maximum atomic E-state index is 12.0. The summed E-state index contributed by atoms with van der Waals surface area (Å²) in [5.74, 6) is -0.521. The van der Waals surface area contributed by atoms with Gasteiger partial charge in [0, 0.05) is 13.2 Å². The summed E-state index contributed by atoms with van der Waals surface area (Å²) in [5.41, 5.74) is -0.254. The first-order chi connectivity index (χ1) is 9.88. The highest BCUT2D eigenvalue weighted by molar-refractivity contribution is 5.74. The minimum atomic E-state index is -0.798. The standard InChI is InChI=1S/C15H28N2O4/c1-4-21-9-12(11(2)3)17-14(20)16-10-15(6-5-7-15)8-13(18)19/h11-12H,4-10H2,1-3H3,(H,18,19)(H2,16,17,20). The normalized spacial score (nSPS) is 17.9. The number of carboxylic acid groups (broad SMARTS) is 1. The molecule has 1 rings (SSSR count). The first kappa shape index (κ1) is 17.8. The molecule has 0 saturated heterocycles. The Morgan fingerprint density at radius 1 is 1.33 bits per heavy atom. The largest absolute Gasteiger partial charge is 0.481 e. The average molecular weight is 300 g/mol. The van der Waals surface area contributed by atoms with Gasteiger partial charge < -0.3 is 20.5 Å². The third kappa shape index (κ3) is 5.91. The molecule has 122 valence electrons. The monoisotopic (exact) mass is 300 g/mol. The summed E-state index contributed by atoms with van der Waals surface area (Å²) in [4.78, 5) is 22.9. The first-order valence-electron chi connectivity index (χ1n) is 7.72. The molecule has 6 heteroatoms. The van der Waals surface area contributed by atoms with Crippen molar-refractivity contribution in [3.63, 3.8) is 0 Å². The number of rotatable bonds is 9. The second kappa shape index (κ2) is 8.22. The number of ether oxygens (including phenoxy) is 1. The topological polar surface area (TPSA) is 87.7 Å². The molecule has 1 aliphatic rings. The van der Waals surface area contributed by atoms with Crippen molar-refractivity contribution in [3.8, 4) is 0 Å². The van der Waals surface area contributed by atoms with E-state index >= 15 is 0 Å².